The van der Waals surface area contributed by atoms with Gasteiger partial charge in [-0.1, -0.05) is 46.3 Å². The molecule has 0 heterocycles. The quantitative estimate of drug-likeness (QED) is 0.774. The van der Waals surface area contributed by atoms with Crippen molar-refractivity contribution in [3.63, 3.8) is 0 Å². The Morgan fingerprint density at radius 2 is 2.07 bits per heavy atom. The van der Waals surface area contributed by atoms with Gasteiger partial charge in [0.25, 0.3) is 0 Å². The van der Waals surface area contributed by atoms with E-state index in [1.807, 2.05) is 30.3 Å². The van der Waals surface area contributed by atoms with E-state index in [4.69, 9.17) is 5.73 Å². The Kier molecular flexibility index (Phi) is 4.62. The van der Waals surface area contributed by atoms with Gasteiger partial charge in [-0.25, -0.2) is 0 Å². The van der Waals surface area contributed by atoms with Gasteiger partial charge >= 0.3 is 0 Å². The second-order valence-corrected chi connectivity index (χ2v) is 3.62. The third kappa shape index (κ3) is 3.47. The standard InChI is InChI=1S/C10H13BrN2O/c11-6-9(10(12)14)13-7-8-4-2-1-3-5-8/h1-5,9,13H,6-7H2,(H2,12,14)/t9-/m1/s1. The summed E-state index contributed by atoms with van der Waals surface area (Å²) < 4.78 is 0. The maximum atomic E-state index is 10.9. The molecule has 1 aromatic rings. The number of halogens is 1. The smallest absolute Gasteiger partial charge is 0.235 e. The van der Waals surface area contributed by atoms with E-state index in [-0.39, 0.29) is 11.9 Å². The van der Waals surface area contributed by atoms with Crippen LogP contribution in [0.4, 0.5) is 0 Å². The highest BCUT2D eigenvalue weighted by molar-refractivity contribution is 9.09. The molecule has 0 aromatic heterocycles. The van der Waals surface area contributed by atoms with Gasteiger partial charge in [-0.15, -0.1) is 0 Å². The predicted molar refractivity (Wildman–Crippen MR) is 60.1 cm³/mol. The summed E-state index contributed by atoms with van der Waals surface area (Å²) in [5, 5.41) is 3.60. The fourth-order valence-corrected chi connectivity index (χ4v) is 1.62. The third-order valence-corrected chi connectivity index (χ3v) is 2.54. The Labute approximate surface area is 91.8 Å². The molecule has 1 amide bonds. The largest absolute Gasteiger partial charge is 0.368 e. The molecule has 0 bridgehead atoms. The summed E-state index contributed by atoms with van der Waals surface area (Å²) in [6, 6.07) is 9.57. The number of rotatable bonds is 5. The van der Waals surface area contributed by atoms with Crippen molar-refractivity contribution in [2.45, 2.75) is 12.6 Å². The molecule has 0 aliphatic rings. The van der Waals surface area contributed by atoms with Crippen molar-refractivity contribution < 1.29 is 4.79 Å². The van der Waals surface area contributed by atoms with Crippen LogP contribution in [0.25, 0.3) is 0 Å². The number of alkyl halides is 1. The van der Waals surface area contributed by atoms with Crippen molar-refractivity contribution in [2.24, 2.45) is 5.73 Å². The summed E-state index contributed by atoms with van der Waals surface area (Å²) in [6.07, 6.45) is 0. The molecule has 0 spiro atoms. The molecule has 1 rings (SSSR count). The number of primary amides is 1. The predicted octanol–water partition coefficient (Wildman–Crippen LogP) is 1.02. The number of nitrogens with one attached hydrogen (secondary N) is 1. The number of carbonyl (C=O) groups excluding carboxylic acids is 1. The Bertz CT molecular complexity index is 289. The van der Waals surface area contributed by atoms with Crippen LogP contribution in [0.15, 0.2) is 30.3 Å². The molecule has 14 heavy (non-hydrogen) atoms. The van der Waals surface area contributed by atoms with Gasteiger partial charge in [0.15, 0.2) is 0 Å². The number of amides is 1. The van der Waals surface area contributed by atoms with Crippen molar-refractivity contribution in [3.8, 4) is 0 Å². The van der Waals surface area contributed by atoms with Crippen LogP contribution in [0.3, 0.4) is 0 Å². The summed E-state index contributed by atoms with van der Waals surface area (Å²) >= 11 is 3.23. The Morgan fingerprint density at radius 1 is 1.43 bits per heavy atom. The Morgan fingerprint density at radius 3 is 2.57 bits per heavy atom. The minimum atomic E-state index is -0.335. The van der Waals surface area contributed by atoms with Gasteiger partial charge < -0.3 is 11.1 Å². The van der Waals surface area contributed by atoms with E-state index in [1.165, 1.54) is 0 Å². The first kappa shape index (κ1) is 11.2. The maximum Gasteiger partial charge on any atom is 0.235 e. The highest BCUT2D eigenvalue weighted by Gasteiger charge is 2.11. The average Bonchev–Trinajstić information content (AvgIpc) is 2.20. The summed E-state index contributed by atoms with van der Waals surface area (Å²) in [5.74, 6) is -0.335. The molecule has 0 aliphatic heterocycles. The minimum absolute atomic E-state index is 0.310. The SMILES string of the molecule is NC(=O)[C@@H](CBr)NCc1ccccc1. The maximum absolute atomic E-state index is 10.9. The van der Waals surface area contributed by atoms with Crippen LogP contribution in [0.2, 0.25) is 0 Å². The zero-order valence-electron chi connectivity index (χ0n) is 7.74. The van der Waals surface area contributed by atoms with Gasteiger partial charge in [0.1, 0.15) is 0 Å². The average molecular weight is 257 g/mol. The number of nitrogens with two attached hydrogens (primary N) is 1. The van der Waals surface area contributed by atoms with Crippen molar-refractivity contribution in [1.29, 1.82) is 0 Å². The molecule has 0 saturated heterocycles. The summed E-state index contributed by atoms with van der Waals surface area (Å²) in [4.78, 5) is 10.9. The van der Waals surface area contributed by atoms with Crippen LogP contribution in [-0.4, -0.2) is 17.3 Å². The van der Waals surface area contributed by atoms with Gasteiger partial charge in [-0.3, -0.25) is 4.79 Å². The van der Waals surface area contributed by atoms with Gasteiger partial charge in [0, 0.05) is 11.9 Å². The molecule has 3 nitrogen and oxygen atoms in total. The van der Waals surface area contributed by atoms with Gasteiger partial charge in [-0.2, -0.15) is 0 Å². The van der Waals surface area contributed by atoms with Crippen LogP contribution in [0, 0.1) is 0 Å². The molecule has 0 saturated carbocycles. The van der Waals surface area contributed by atoms with Crippen LogP contribution >= 0.6 is 15.9 Å². The fourth-order valence-electron chi connectivity index (χ4n) is 1.07. The Hall–Kier alpha value is -0.870. The molecule has 0 fully saturated rings. The van der Waals surface area contributed by atoms with Crippen LogP contribution in [0.5, 0.6) is 0 Å². The molecule has 1 atom stereocenters. The highest BCUT2D eigenvalue weighted by Crippen LogP contribution is 1.99. The lowest BCUT2D eigenvalue weighted by Crippen LogP contribution is -2.42. The molecule has 76 valence electrons. The molecule has 3 N–H and O–H groups in total. The van der Waals surface area contributed by atoms with Crippen molar-refractivity contribution >= 4 is 21.8 Å². The second-order valence-electron chi connectivity index (χ2n) is 2.98. The van der Waals surface area contributed by atoms with Gasteiger partial charge in [0.05, 0.1) is 6.04 Å². The first-order valence-electron chi connectivity index (χ1n) is 4.36. The zero-order chi connectivity index (χ0) is 10.4. The van der Waals surface area contributed by atoms with Crippen molar-refractivity contribution in [1.82, 2.24) is 5.32 Å². The first-order valence-corrected chi connectivity index (χ1v) is 5.48. The normalized spacial score (nSPS) is 12.4. The van der Waals surface area contributed by atoms with E-state index < -0.39 is 0 Å². The number of hydrogen-bond donors (Lipinski definition) is 2. The van der Waals surface area contributed by atoms with Crippen molar-refractivity contribution in [3.05, 3.63) is 35.9 Å². The minimum Gasteiger partial charge on any atom is -0.368 e. The molecule has 0 radical (unpaired) electrons. The molecular weight excluding hydrogens is 244 g/mol. The topological polar surface area (TPSA) is 55.1 Å². The summed E-state index contributed by atoms with van der Waals surface area (Å²) in [5.41, 5.74) is 6.32. The lowest BCUT2D eigenvalue weighted by Gasteiger charge is -2.11. The molecule has 0 unspecified atom stereocenters. The third-order valence-electron chi connectivity index (χ3n) is 1.89. The van der Waals surface area contributed by atoms with Crippen molar-refractivity contribution in [2.75, 3.05) is 5.33 Å². The van der Waals surface area contributed by atoms with E-state index in [2.05, 4.69) is 21.2 Å². The van der Waals surface area contributed by atoms with Crippen LogP contribution in [0.1, 0.15) is 5.56 Å². The Balaban J connectivity index is 2.44. The molecule has 0 aliphatic carbocycles. The number of hydrogen-bond acceptors (Lipinski definition) is 2. The highest BCUT2D eigenvalue weighted by atomic mass is 79.9. The molecule has 1 aromatic carbocycles. The second kappa shape index (κ2) is 5.78. The van der Waals surface area contributed by atoms with E-state index in [9.17, 15) is 4.79 Å². The molecular formula is C10H13BrN2O. The monoisotopic (exact) mass is 256 g/mol. The van der Waals surface area contributed by atoms with Crippen LogP contribution < -0.4 is 11.1 Å². The number of benzene rings is 1. The van der Waals surface area contributed by atoms with E-state index >= 15 is 0 Å². The van der Waals surface area contributed by atoms with E-state index in [0.29, 0.717) is 11.9 Å². The van der Waals surface area contributed by atoms with E-state index in [0.717, 1.165) is 5.56 Å². The first-order chi connectivity index (χ1) is 6.74. The summed E-state index contributed by atoms with van der Waals surface area (Å²) in [7, 11) is 0. The fraction of sp³-hybridized carbons (Fsp3) is 0.300. The van der Waals surface area contributed by atoms with Gasteiger partial charge in [0.2, 0.25) is 5.91 Å². The lowest BCUT2D eigenvalue weighted by atomic mass is 10.2. The zero-order valence-corrected chi connectivity index (χ0v) is 9.33. The van der Waals surface area contributed by atoms with Gasteiger partial charge in [-0.05, 0) is 5.56 Å². The molecule has 4 heteroatoms. The summed E-state index contributed by atoms with van der Waals surface area (Å²) in [6.45, 7) is 0.653. The lowest BCUT2D eigenvalue weighted by molar-refractivity contribution is -0.119. The van der Waals surface area contributed by atoms with Crippen LogP contribution in [-0.2, 0) is 11.3 Å². The van der Waals surface area contributed by atoms with E-state index in [1.54, 1.807) is 0 Å². The number of carbonyl (C=O) groups is 1.